The van der Waals surface area contributed by atoms with E-state index >= 15 is 0 Å². The van der Waals surface area contributed by atoms with Gasteiger partial charge in [-0.2, -0.15) is 10.4 Å². The molecule has 1 aliphatic rings. The van der Waals surface area contributed by atoms with Gasteiger partial charge >= 0.3 is 0 Å². The summed E-state index contributed by atoms with van der Waals surface area (Å²) in [6.45, 7) is 1.28. The van der Waals surface area contributed by atoms with Crippen molar-refractivity contribution in [1.29, 1.82) is 5.26 Å². The van der Waals surface area contributed by atoms with E-state index in [2.05, 4.69) is 5.10 Å². The Morgan fingerprint density at radius 2 is 1.84 bits per heavy atom. The van der Waals surface area contributed by atoms with E-state index in [1.807, 2.05) is 36.4 Å². The number of rotatable bonds is 5. The largest absolute Gasteiger partial charge is 0.338 e. The number of likely N-dealkylation sites (tertiary alicyclic amines) is 1. The number of nitriles is 1. The summed E-state index contributed by atoms with van der Waals surface area (Å²) in [5, 5.41) is 25.6. The summed E-state index contributed by atoms with van der Waals surface area (Å²) in [6, 6.07) is 17.6. The van der Waals surface area contributed by atoms with Crippen LogP contribution in [0, 0.1) is 21.4 Å². The number of piperidine rings is 1. The summed E-state index contributed by atoms with van der Waals surface area (Å²) < 4.78 is 1.64. The van der Waals surface area contributed by atoms with E-state index in [4.69, 9.17) is 0 Å². The predicted molar refractivity (Wildman–Crippen MR) is 120 cm³/mol. The van der Waals surface area contributed by atoms with Crippen LogP contribution in [0.3, 0.4) is 0 Å². The number of carbonyl (C=O) groups excluding carboxylic acids is 1. The van der Waals surface area contributed by atoms with E-state index in [0.29, 0.717) is 29.9 Å². The molecule has 1 aliphatic heterocycles. The lowest BCUT2D eigenvalue weighted by molar-refractivity contribution is -0.384. The van der Waals surface area contributed by atoms with Gasteiger partial charge in [0, 0.05) is 42.5 Å². The van der Waals surface area contributed by atoms with Crippen LogP contribution in [0.4, 0.5) is 5.69 Å². The Morgan fingerprint density at radius 3 is 2.53 bits per heavy atom. The molecule has 0 bridgehead atoms. The quantitative estimate of drug-likeness (QED) is 0.260. The molecule has 2 aromatic carbocycles. The molecule has 1 amide bonds. The molecule has 8 heteroatoms. The number of aromatic nitrogens is 2. The molecule has 0 N–H and O–H groups in total. The summed E-state index contributed by atoms with van der Waals surface area (Å²) in [7, 11) is 0. The molecule has 2 heterocycles. The first kappa shape index (κ1) is 21.0. The van der Waals surface area contributed by atoms with Crippen LogP contribution in [0.1, 0.15) is 24.8 Å². The first-order chi connectivity index (χ1) is 15.6. The molecular weight excluding hydrogens is 406 g/mol. The van der Waals surface area contributed by atoms with Crippen LogP contribution in [0.25, 0.3) is 23.0 Å². The highest BCUT2D eigenvalue weighted by atomic mass is 16.6. The van der Waals surface area contributed by atoms with Gasteiger partial charge in [0.25, 0.3) is 11.6 Å². The smallest absolute Gasteiger partial charge is 0.270 e. The summed E-state index contributed by atoms with van der Waals surface area (Å²) in [5.41, 5.74) is 2.28. The second-order valence-electron chi connectivity index (χ2n) is 7.54. The molecule has 0 aliphatic carbocycles. The molecule has 1 saturated heterocycles. The van der Waals surface area contributed by atoms with E-state index < -0.39 is 4.92 Å². The summed E-state index contributed by atoms with van der Waals surface area (Å²) in [5.74, 6) is -0.301. The maximum Gasteiger partial charge on any atom is 0.270 e. The summed E-state index contributed by atoms with van der Waals surface area (Å²) in [4.78, 5) is 25.4. The number of nitro groups is 1. The standard InChI is InChI=1S/C24H21N5O3/c25-16-19(24(30)27-12-5-2-6-13-27)14-20-17-28(21-9-3-1-4-10-21)26-23(20)18-8-7-11-22(15-18)29(31)32/h1,3-4,7-11,14-15,17H,2,5-6,12-13H2/b19-14+. The number of nitro benzene ring substituents is 1. The third-order valence-electron chi connectivity index (χ3n) is 5.39. The van der Waals surface area contributed by atoms with Crippen LogP contribution in [0.15, 0.2) is 66.4 Å². The number of non-ortho nitro benzene ring substituents is 1. The number of benzene rings is 2. The molecule has 32 heavy (non-hydrogen) atoms. The lowest BCUT2D eigenvalue weighted by atomic mass is 10.0. The van der Waals surface area contributed by atoms with Gasteiger partial charge in [-0.05, 0) is 37.5 Å². The van der Waals surface area contributed by atoms with Gasteiger partial charge in [-0.1, -0.05) is 30.3 Å². The molecule has 0 radical (unpaired) electrons. The van der Waals surface area contributed by atoms with E-state index in [0.717, 1.165) is 24.9 Å². The predicted octanol–water partition coefficient (Wildman–Crippen LogP) is 4.37. The van der Waals surface area contributed by atoms with E-state index in [1.165, 1.54) is 18.2 Å². The van der Waals surface area contributed by atoms with E-state index in [-0.39, 0.29) is 17.2 Å². The number of hydrogen-bond acceptors (Lipinski definition) is 5. The van der Waals surface area contributed by atoms with Gasteiger partial charge in [0.15, 0.2) is 0 Å². The average molecular weight is 427 g/mol. The van der Waals surface area contributed by atoms with E-state index in [1.54, 1.807) is 27.9 Å². The highest BCUT2D eigenvalue weighted by Crippen LogP contribution is 2.29. The fraction of sp³-hybridized carbons (Fsp3) is 0.208. The average Bonchev–Trinajstić information content (AvgIpc) is 3.27. The second kappa shape index (κ2) is 9.27. The molecule has 0 saturated carbocycles. The zero-order chi connectivity index (χ0) is 22.5. The van der Waals surface area contributed by atoms with Crippen molar-refractivity contribution in [3.05, 3.63) is 82.0 Å². The van der Waals surface area contributed by atoms with Gasteiger partial charge in [0.1, 0.15) is 17.3 Å². The minimum Gasteiger partial charge on any atom is -0.338 e. The molecule has 1 aromatic heterocycles. The zero-order valence-electron chi connectivity index (χ0n) is 17.3. The zero-order valence-corrected chi connectivity index (χ0v) is 17.3. The number of para-hydroxylation sites is 1. The minimum atomic E-state index is -0.464. The fourth-order valence-electron chi connectivity index (χ4n) is 3.76. The highest BCUT2D eigenvalue weighted by Gasteiger charge is 2.22. The monoisotopic (exact) mass is 427 g/mol. The molecule has 8 nitrogen and oxygen atoms in total. The number of hydrogen-bond donors (Lipinski definition) is 0. The fourth-order valence-corrected chi connectivity index (χ4v) is 3.76. The number of carbonyl (C=O) groups is 1. The Morgan fingerprint density at radius 1 is 1.09 bits per heavy atom. The van der Waals surface area contributed by atoms with Gasteiger partial charge in [-0.25, -0.2) is 4.68 Å². The Kier molecular flexibility index (Phi) is 6.08. The third kappa shape index (κ3) is 4.42. The molecule has 4 rings (SSSR count). The first-order valence-corrected chi connectivity index (χ1v) is 10.4. The van der Waals surface area contributed by atoms with Crippen LogP contribution in [0.2, 0.25) is 0 Å². The van der Waals surface area contributed by atoms with Crippen molar-refractivity contribution < 1.29 is 9.72 Å². The third-order valence-corrected chi connectivity index (χ3v) is 5.39. The van der Waals surface area contributed by atoms with E-state index in [9.17, 15) is 20.2 Å². The van der Waals surface area contributed by atoms with Crippen LogP contribution >= 0.6 is 0 Å². The van der Waals surface area contributed by atoms with Gasteiger partial charge in [0.05, 0.1) is 10.6 Å². The Hall–Kier alpha value is -4.25. The lowest BCUT2D eigenvalue weighted by Gasteiger charge is -2.26. The van der Waals surface area contributed by atoms with Gasteiger partial charge in [-0.3, -0.25) is 14.9 Å². The maximum absolute atomic E-state index is 12.9. The van der Waals surface area contributed by atoms with Gasteiger partial charge in [-0.15, -0.1) is 0 Å². The first-order valence-electron chi connectivity index (χ1n) is 10.4. The SMILES string of the molecule is N#C/C(=C\c1cn(-c2ccccc2)nc1-c1cccc([N+](=O)[O-])c1)C(=O)N1CCCCC1. The number of amides is 1. The van der Waals surface area contributed by atoms with Crippen molar-refractivity contribution in [1.82, 2.24) is 14.7 Å². The van der Waals surface area contributed by atoms with Crippen molar-refractivity contribution >= 4 is 17.7 Å². The molecule has 160 valence electrons. The van der Waals surface area contributed by atoms with Crippen molar-refractivity contribution in [2.75, 3.05) is 13.1 Å². The van der Waals surface area contributed by atoms with Crippen molar-refractivity contribution in [2.24, 2.45) is 0 Å². The molecule has 0 atom stereocenters. The van der Waals surface area contributed by atoms with Gasteiger partial charge < -0.3 is 4.90 Å². The van der Waals surface area contributed by atoms with Crippen molar-refractivity contribution in [2.45, 2.75) is 19.3 Å². The molecule has 0 unspecified atom stereocenters. The molecule has 1 fully saturated rings. The van der Waals surface area contributed by atoms with Crippen LogP contribution in [-0.4, -0.2) is 38.6 Å². The minimum absolute atomic E-state index is 0.0196. The lowest BCUT2D eigenvalue weighted by Crippen LogP contribution is -2.36. The van der Waals surface area contributed by atoms with Crippen molar-refractivity contribution in [3.63, 3.8) is 0 Å². The normalized spacial score (nSPS) is 14.1. The molecular formula is C24H21N5O3. The van der Waals surface area contributed by atoms with Crippen LogP contribution in [-0.2, 0) is 4.79 Å². The topological polar surface area (TPSA) is 105 Å². The molecule has 3 aromatic rings. The van der Waals surface area contributed by atoms with Gasteiger partial charge in [0.2, 0.25) is 0 Å². The summed E-state index contributed by atoms with van der Waals surface area (Å²) >= 11 is 0. The Bertz CT molecular complexity index is 1220. The highest BCUT2D eigenvalue weighted by molar-refractivity contribution is 6.02. The Balaban J connectivity index is 1.81. The van der Waals surface area contributed by atoms with Crippen molar-refractivity contribution in [3.8, 4) is 23.0 Å². The summed E-state index contributed by atoms with van der Waals surface area (Å²) in [6.07, 6.45) is 6.18. The Labute approximate surface area is 185 Å². The number of nitrogens with zero attached hydrogens (tertiary/aromatic N) is 5. The second-order valence-corrected chi connectivity index (χ2v) is 7.54. The molecule has 0 spiro atoms. The van der Waals surface area contributed by atoms with Crippen LogP contribution in [0.5, 0.6) is 0 Å². The maximum atomic E-state index is 12.9. The van der Waals surface area contributed by atoms with Crippen LogP contribution < -0.4 is 0 Å².